The first-order chi connectivity index (χ1) is 13.6. The molecule has 1 aliphatic heterocycles. The maximum Gasteiger partial charge on any atom is 0.201 e. The first kappa shape index (κ1) is 21.5. The standard InChI is InChI=1S/C23H26N4S.ClH/c1-5-12-24-19-14-21-23(17-10-8-15(4)25-22(17)19)26-18-11-9-16(13-20(18)28-21)27(6-2)7-3;/h8-11,13-14H,5-7,12H2,1-4H3;1H. The average Bonchev–Trinajstić information content (AvgIpc) is 2.71. The minimum Gasteiger partial charge on any atom is -1.00 e. The fourth-order valence-corrected chi connectivity index (χ4v) is 4.71. The number of nitrogens with one attached hydrogen (secondary N) is 1. The molecule has 0 unspecified atom stereocenters. The summed E-state index contributed by atoms with van der Waals surface area (Å²) in [6.45, 7) is 11.6. The predicted molar refractivity (Wildman–Crippen MR) is 121 cm³/mol. The van der Waals surface area contributed by atoms with Gasteiger partial charge in [-0.15, -0.1) is 11.3 Å². The van der Waals surface area contributed by atoms with Gasteiger partial charge in [0.1, 0.15) is 13.1 Å². The third-order valence-corrected chi connectivity index (χ3v) is 6.22. The number of anilines is 1. The fourth-order valence-electron chi connectivity index (χ4n) is 3.64. The predicted octanol–water partition coefficient (Wildman–Crippen LogP) is 1.90. The van der Waals surface area contributed by atoms with Crippen molar-refractivity contribution in [2.24, 2.45) is 0 Å². The van der Waals surface area contributed by atoms with Gasteiger partial charge in [0.25, 0.3) is 0 Å². The van der Waals surface area contributed by atoms with Crippen LogP contribution in [0.3, 0.4) is 0 Å². The normalized spacial score (nSPS) is 11.0. The number of hydrogen-bond donors (Lipinski definition) is 1. The van der Waals surface area contributed by atoms with Gasteiger partial charge in [0.2, 0.25) is 5.36 Å². The van der Waals surface area contributed by atoms with Gasteiger partial charge in [0.05, 0.1) is 32.0 Å². The molecule has 2 heterocycles. The van der Waals surface area contributed by atoms with Crippen LogP contribution in [0.2, 0.25) is 0 Å². The number of aryl methyl sites for hydroxylation is 1. The molecule has 0 atom stereocenters. The van der Waals surface area contributed by atoms with E-state index < -0.39 is 0 Å². The molecule has 2 aromatic rings. The van der Waals surface area contributed by atoms with Gasteiger partial charge < -0.3 is 17.7 Å². The third kappa shape index (κ3) is 4.07. The summed E-state index contributed by atoms with van der Waals surface area (Å²) in [4.78, 5) is 11.1. The van der Waals surface area contributed by atoms with Crippen LogP contribution in [0.1, 0.15) is 32.9 Å². The van der Waals surface area contributed by atoms with E-state index in [0.717, 1.165) is 59.5 Å². The Morgan fingerprint density at radius 3 is 2.48 bits per heavy atom. The van der Waals surface area contributed by atoms with E-state index in [9.17, 15) is 0 Å². The van der Waals surface area contributed by atoms with Gasteiger partial charge in [-0.25, -0.2) is 9.56 Å². The number of nitrogens with zero attached hydrogens (tertiary/aromatic N) is 3. The van der Waals surface area contributed by atoms with Crippen LogP contribution >= 0.6 is 11.3 Å². The zero-order valence-electron chi connectivity index (χ0n) is 17.4. The number of hydrogen-bond acceptors (Lipinski definition) is 4. The molecule has 0 fully saturated rings. The summed E-state index contributed by atoms with van der Waals surface area (Å²) in [5.74, 6) is 0. The van der Waals surface area contributed by atoms with E-state index in [0.29, 0.717) is 0 Å². The topological polar surface area (TPSA) is 40.8 Å². The van der Waals surface area contributed by atoms with E-state index in [-0.39, 0.29) is 12.4 Å². The summed E-state index contributed by atoms with van der Waals surface area (Å²) in [5.41, 5.74) is 5.23. The summed E-state index contributed by atoms with van der Waals surface area (Å²) >= 11 is 1.81. The van der Waals surface area contributed by atoms with Crippen molar-refractivity contribution in [3.8, 4) is 10.6 Å². The van der Waals surface area contributed by atoms with Crippen molar-refractivity contribution in [2.75, 3.05) is 25.0 Å². The molecule has 2 aliphatic rings. The number of halogens is 1. The van der Waals surface area contributed by atoms with Crippen molar-refractivity contribution < 1.29 is 12.4 Å². The smallest absolute Gasteiger partial charge is 0.201 e. The van der Waals surface area contributed by atoms with E-state index >= 15 is 0 Å². The SMILES string of the molecule is CCCNc1cc2sc3cc(=[N+](CC)CC)ccc-3nc2c2ccc(C)nc12.[Cl-]. The van der Waals surface area contributed by atoms with Gasteiger partial charge in [-0.05, 0) is 51.5 Å². The maximum atomic E-state index is 5.03. The highest BCUT2D eigenvalue weighted by Crippen LogP contribution is 2.36. The Kier molecular flexibility index (Phi) is 6.70. The lowest BCUT2D eigenvalue weighted by atomic mass is 10.1. The highest BCUT2D eigenvalue weighted by atomic mass is 35.5. The van der Waals surface area contributed by atoms with E-state index in [1.54, 1.807) is 0 Å². The van der Waals surface area contributed by atoms with E-state index in [4.69, 9.17) is 9.97 Å². The average molecular weight is 427 g/mol. The Hall–Kier alpha value is -2.24. The largest absolute Gasteiger partial charge is 1.00 e. The summed E-state index contributed by atoms with van der Waals surface area (Å²) in [7, 11) is 0. The molecule has 29 heavy (non-hydrogen) atoms. The van der Waals surface area contributed by atoms with Crippen LogP contribution in [0, 0.1) is 6.92 Å². The Labute approximate surface area is 182 Å². The van der Waals surface area contributed by atoms with E-state index in [2.05, 4.69) is 67.1 Å². The zero-order valence-corrected chi connectivity index (χ0v) is 19.0. The molecule has 1 aromatic heterocycles. The molecule has 0 spiro atoms. The molecule has 0 saturated carbocycles. The van der Waals surface area contributed by atoms with E-state index in [1.807, 2.05) is 18.3 Å². The van der Waals surface area contributed by atoms with Crippen LogP contribution in [0.25, 0.3) is 31.7 Å². The van der Waals surface area contributed by atoms with E-state index in [1.165, 1.54) is 14.9 Å². The van der Waals surface area contributed by atoms with Gasteiger partial charge in [0, 0.05) is 29.8 Å². The number of rotatable bonds is 5. The van der Waals surface area contributed by atoms with Gasteiger partial charge >= 0.3 is 0 Å². The van der Waals surface area contributed by atoms with Crippen LogP contribution in [0.5, 0.6) is 0 Å². The number of benzene rings is 2. The maximum absolute atomic E-state index is 5.03. The van der Waals surface area contributed by atoms with Crippen LogP contribution in [-0.4, -0.2) is 29.6 Å². The molecule has 0 radical (unpaired) electrons. The summed E-state index contributed by atoms with van der Waals surface area (Å²) in [6.07, 6.45) is 1.08. The molecule has 0 bridgehead atoms. The molecular weight excluding hydrogens is 400 g/mol. The van der Waals surface area contributed by atoms with Crippen LogP contribution in [0.4, 0.5) is 5.69 Å². The van der Waals surface area contributed by atoms with Crippen LogP contribution < -0.4 is 27.7 Å². The van der Waals surface area contributed by atoms with Crippen molar-refractivity contribution in [2.45, 2.75) is 34.1 Å². The zero-order chi connectivity index (χ0) is 19.7. The third-order valence-electron chi connectivity index (χ3n) is 5.14. The molecule has 6 heteroatoms. The number of pyridine rings is 1. The fraction of sp³-hybridized carbons (Fsp3) is 0.348. The molecule has 4 rings (SSSR count). The lowest BCUT2D eigenvalue weighted by Crippen LogP contribution is -3.00. The monoisotopic (exact) mass is 426 g/mol. The highest BCUT2D eigenvalue weighted by molar-refractivity contribution is 7.21. The first-order valence-corrected chi connectivity index (χ1v) is 10.9. The second kappa shape index (κ2) is 9.06. The van der Waals surface area contributed by atoms with Crippen LogP contribution in [0.15, 0.2) is 36.4 Å². The Morgan fingerprint density at radius 1 is 0.966 bits per heavy atom. The van der Waals surface area contributed by atoms with Crippen molar-refractivity contribution >= 4 is 38.1 Å². The minimum absolute atomic E-state index is 0. The summed E-state index contributed by atoms with van der Waals surface area (Å²) in [6, 6.07) is 13.1. The molecule has 1 N–H and O–H groups in total. The van der Waals surface area contributed by atoms with Gasteiger partial charge in [-0.2, -0.15) is 0 Å². The second-order valence-electron chi connectivity index (χ2n) is 7.08. The summed E-state index contributed by atoms with van der Waals surface area (Å²) in [5, 5.41) is 5.94. The molecular formula is C23H27ClN4S. The van der Waals surface area contributed by atoms with Gasteiger partial charge in [0.15, 0.2) is 0 Å². The molecule has 4 nitrogen and oxygen atoms in total. The first-order valence-electron chi connectivity index (χ1n) is 10.1. The number of fused-ring (bicyclic) bond motifs is 4. The highest BCUT2D eigenvalue weighted by Gasteiger charge is 2.15. The Bertz CT molecular complexity index is 1190. The Balaban J connectivity index is 0.00000240. The molecule has 0 amide bonds. The van der Waals surface area contributed by atoms with Crippen molar-refractivity contribution in [3.63, 3.8) is 0 Å². The molecule has 0 saturated heterocycles. The molecule has 1 aromatic carbocycles. The van der Waals surface area contributed by atoms with Crippen molar-refractivity contribution in [3.05, 3.63) is 47.4 Å². The van der Waals surface area contributed by atoms with Crippen molar-refractivity contribution in [1.29, 1.82) is 0 Å². The Morgan fingerprint density at radius 2 is 1.76 bits per heavy atom. The van der Waals surface area contributed by atoms with Gasteiger partial charge in [-0.1, -0.05) is 6.92 Å². The second-order valence-corrected chi connectivity index (χ2v) is 8.17. The lowest BCUT2D eigenvalue weighted by Gasteiger charge is -2.13. The van der Waals surface area contributed by atoms with Crippen LogP contribution in [-0.2, 0) is 0 Å². The lowest BCUT2D eigenvalue weighted by molar-refractivity contribution is -0.00000585. The molecule has 152 valence electrons. The molecule has 1 aliphatic carbocycles. The quantitative estimate of drug-likeness (QED) is 0.301. The van der Waals surface area contributed by atoms with Gasteiger partial charge in [-0.3, -0.25) is 4.98 Å². The number of aromatic nitrogens is 2. The summed E-state index contributed by atoms with van der Waals surface area (Å²) < 4.78 is 3.57. The minimum atomic E-state index is 0. The van der Waals surface area contributed by atoms with Crippen molar-refractivity contribution in [1.82, 2.24) is 14.5 Å².